The number of fused-ring (bicyclic) bond motifs is 8. The molecular weight excluding hydrogens is 589 g/mol. The summed E-state index contributed by atoms with van der Waals surface area (Å²) < 4.78 is 0. The van der Waals surface area contributed by atoms with Gasteiger partial charge in [0, 0.05) is 5.41 Å². The molecule has 49 heavy (non-hydrogen) atoms. The van der Waals surface area contributed by atoms with Gasteiger partial charge in [-0.05, 0) is 111 Å². The zero-order valence-corrected chi connectivity index (χ0v) is 27.7. The highest BCUT2D eigenvalue weighted by Gasteiger charge is 2.39. The quantitative estimate of drug-likeness (QED) is 0.172. The number of benzene rings is 9. The average molecular weight is 623 g/mol. The van der Waals surface area contributed by atoms with E-state index in [0.29, 0.717) is 0 Å². The molecule has 9 aromatic rings. The maximum absolute atomic E-state index is 2.42. The molecule has 0 aromatic heterocycles. The van der Waals surface area contributed by atoms with Gasteiger partial charge in [-0.3, -0.25) is 0 Å². The van der Waals surface area contributed by atoms with Crippen molar-refractivity contribution in [2.45, 2.75) is 19.3 Å². The first-order valence-electron chi connectivity index (χ1n) is 17.3. The molecule has 0 aliphatic heterocycles. The van der Waals surface area contributed by atoms with Crippen molar-refractivity contribution in [3.63, 3.8) is 0 Å². The first kappa shape index (κ1) is 28.1. The van der Waals surface area contributed by atoms with E-state index in [-0.39, 0.29) is 5.41 Å². The summed E-state index contributed by atoms with van der Waals surface area (Å²) in [5, 5.41) is 10.3. The number of hydrogen-bond donors (Lipinski definition) is 0. The third-order valence-corrected chi connectivity index (χ3v) is 11.0. The van der Waals surface area contributed by atoms with E-state index in [0.717, 1.165) is 0 Å². The van der Waals surface area contributed by atoms with Gasteiger partial charge >= 0.3 is 0 Å². The Balaban J connectivity index is 1.23. The van der Waals surface area contributed by atoms with Crippen LogP contribution in [0.2, 0.25) is 0 Å². The van der Waals surface area contributed by atoms with Crippen LogP contribution < -0.4 is 0 Å². The zero-order chi connectivity index (χ0) is 32.7. The molecule has 0 spiro atoms. The highest BCUT2D eigenvalue weighted by Crippen LogP contribution is 2.56. The summed E-state index contributed by atoms with van der Waals surface area (Å²) >= 11 is 0. The lowest BCUT2D eigenvalue weighted by Crippen LogP contribution is -2.17. The van der Waals surface area contributed by atoms with Crippen LogP contribution in [0.25, 0.3) is 87.6 Å². The normalized spacial score (nSPS) is 13.3. The average Bonchev–Trinajstić information content (AvgIpc) is 3.40. The molecule has 0 bridgehead atoms. The van der Waals surface area contributed by atoms with Crippen molar-refractivity contribution in [3.05, 3.63) is 181 Å². The molecule has 0 amide bonds. The molecule has 0 atom stereocenters. The Morgan fingerprint density at radius 2 is 0.816 bits per heavy atom. The summed E-state index contributed by atoms with van der Waals surface area (Å²) in [7, 11) is 0. The van der Waals surface area contributed by atoms with Gasteiger partial charge in [-0.25, -0.2) is 0 Å². The van der Waals surface area contributed by atoms with Crippen molar-refractivity contribution in [2.24, 2.45) is 0 Å². The summed E-state index contributed by atoms with van der Waals surface area (Å²) in [6.45, 7) is 4.84. The predicted octanol–water partition coefficient (Wildman–Crippen LogP) is 13.6. The predicted molar refractivity (Wildman–Crippen MR) is 210 cm³/mol. The van der Waals surface area contributed by atoms with Crippen LogP contribution in [0.1, 0.15) is 25.0 Å². The Kier molecular flexibility index (Phi) is 6.02. The minimum Gasteiger partial charge on any atom is -0.0616 e. The van der Waals surface area contributed by atoms with Gasteiger partial charge in [-0.15, -0.1) is 0 Å². The van der Waals surface area contributed by atoms with E-state index in [1.807, 2.05) is 0 Å². The first-order valence-corrected chi connectivity index (χ1v) is 17.3. The van der Waals surface area contributed by atoms with E-state index >= 15 is 0 Å². The van der Waals surface area contributed by atoms with E-state index in [9.17, 15) is 0 Å². The smallest absolute Gasteiger partial charge is 0.0171 e. The van der Waals surface area contributed by atoms with E-state index < -0.39 is 0 Å². The fraction of sp³-hybridized carbons (Fsp3) is 0.0612. The lowest BCUT2D eigenvalue weighted by atomic mass is 9.76. The van der Waals surface area contributed by atoms with E-state index in [4.69, 9.17) is 0 Å². The molecule has 0 N–H and O–H groups in total. The van der Waals surface area contributed by atoms with Crippen molar-refractivity contribution in [1.29, 1.82) is 0 Å². The van der Waals surface area contributed by atoms with Gasteiger partial charge in [0.15, 0.2) is 0 Å². The van der Waals surface area contributed by atoms with E-state index in [2.05, 4.69) is 184 Å². The van der Waals surface area contributed by atoms with Crippen LogP contribution in [-0.4, -0.2) is 0 Å². The Labute approximate surface area is 286 Å². The lowest BCUT2D eigenvalue weighted by molar-refractivity contribution is 0.668. The molecular formula is C49H34. The van der Waals surface area contributed by atoms with Crippen LogP contribution in [0.5, 0.6) is 0 Å². The molecule has 1 aliphatic rings. The largest absolute Gasteiger partial charge is 0.0616 e. The summed E-state index contributed by atoms with van der Waals surface area (Å²) in [5.41, 5.74) is 13.0. The molecule has 0 saturated carbocycles. The fourth-order valence-electron chi connectivity index (χ4n) is 8.91. The maximum atomic E-state index is 2.42. The van der Waals surface area contributed by atoms with Crippen LogP contribution in [0.4, 0.5) is 0 Å². The molecule has 230 valence electrons. The molecule has 0 unspecified atom stereocenters. The summed E-state index contributed by atoms with van der Waals surface area (Å²) in [5.74, 6) is 0. The van der Waals surface area contributed by atoms with Crippen molar-refractivity contribution < 1.29 is 0 Å². The SMILES string of the molecule is CC1(C)c2c(cccc2-c2c3ccccc3c(-c3cccc(-c4ccc5ccccc5c4)c3)c3ccccc23)-c2ccc3ccccc3c21. The van der Waals surface area contributed by atoms with Gasteiger partial charge in [0.25, 0.3) is 0 Å². The van der Waals surface area contributed by atoms with Crippen molar-refractivity contribution in [3.8, 4) is 44.5 Å². The van der Waals surface area contributed by atoms with Gasteiger partial charge < -0.3 is 0 Å². The summed E-state index contributed by atoms with van der Waals surface area (Å²) in [4.78, 5) is 0. The maximum Gasteiger partial charge on any atom is 0.0171 e. The first-order chi connectivity index (χ1) is 24.1. The monoisotopic (exact) mass is 622 g/mol. The lowest BCUT2D eigenvalue weighted by Gasteiger charge is -2.27. The Morgan fingerprint density at radius 3 is 1.55 bits per heavy atom. The molecule has 0 saturated heterocycles. The van der Waals surface area contributed by atoms with E-state index in [1.54, 1.807) is 0 Å². The van der Waals surface area contributed by atoms with Crippen LogP contribution in [0.15, 0.2) is 170 Å². The van der Waals surface area contributed by atoms with Crippen LogP contribution >= 0.6 is 0 Å². The second-order valence-electron chi connectivity index (χ2n) is 14.0. The second-order valence-corrected chi connectivity index (χ2v) is 14.0. The van der Waals surface area contributed by atoms with Crippen LogP contribution in [-0.2, 0) is 5.41 Å². The molecule has 9 aromatic carbocycles. The van der Waals surface area contributed by atoms with Gasteiger partial charge in [0.1, 0.15) is 0 Å². The molecule has 0 radical (unpaired) electrons. The van der Waals surface area contributed by atoms with Crippen molar-refractivity contribution in [2.75, 3.05) is 0 Å². The molecule has 0 heteroatoms. The Bertz CT molecular complexity index is 2740. The molecule has 0 fully saturated rings. The Morgan fingerprint density at radius 1 is 0.306 bits per heavy atom. The zero-order valence-electron chi connectivity index (χ0n) is 27.7. The highest BCUT2D eigenvalue weighted by molar-refractivity contribution is 6.22. The minimum atomic E-state index is -0.169. The number of rotatable bonds is 3. The summed E-state index contributed by atoms with van der Waals surface area (Å²) in [6.07, 6.45) is 0. The minimum absolute atomic E-state index is 0.169. The highest BCUT2D eigenvalue weighted by atomic mass is 14.4. The van der Waals surface area contributed by atoms with E-state index in [1.165, 1.54) is 98.7 Å². The number of hydrogen-bond acceptors (Lipinski definition) is 0. The van der Waals surface area contributed by atoms with Gasteiger partial charge in [0.2, 0.25) is 0 Å². The molecule has 10 rings (SSSR count). The van der Waals surface area contributed by atoms with Gasteiger partial charge in [-0.2, -0.15) is 0 Å². The molecule has 0 heterocycles. The second kappa shape index (κ2) is 10.5. The Hall–Kier alpha value is -5.98. The van der Waals surface area contributed by atoms with Crippen molar-refractivity contribution in [1.82, 2.24) is 0 Å². The third-order valence-electron chi connectivity index (χ3n) is 11.0. The third kappa shape index (κ3) is 4.11. The van der Waals surface area contributed by atoms with Crippen molar-refractivity contribution >= 4 is 43.1 Å². The fourth-order valence-corrected chi connectivity index (χ4v) is 8.91. The van der Waals surface area contributed by atoms with Crippen LogP contribution in [0.3, 0.4) is 0 Å². The standard InChI is InChI=1S/C49H34/c1-49(2)47-37-18-6-5-14-32(37)27-28-43(47)42-23-12-24-44(48(42)49)46-40-21-9-7-19-38(40)45(39-20-8-10-22-41(39)46)36-17-11-16-34(30-36)35-26-25-31-13-3-4-15-33(31)29-35/h3-30H,1-2H3. The summed E-state index contributed by atoms with van der Waals surface area (Å²) in [6, 6.07) is 63.1. The molecule has 0 nitrogen and oxygen atoms in total. The van der Waals surface area contributed by atoms with Gasteiger partial charge in [0.05, 0.1) is 0 Å². The molecule has 1 aliphatic carbocycles. The van der Waals surface area contributed by atoms with Crippen LogP contribution in [0, 0.1) is 0 Å². The topological polar surface area (TPSA) is 0 Å². The van der Waals surface area contributed by atoms with Gasteiger partial charge in [-0.1, -0.05) is 172 Å².